The normalized spacial score (nSPS) is 17.9. The van der Waals surface area contributed by atoms with Crippen LogP contribution in [0.15, 0.2) is 0 Å². The lowest BCUT2D eigenvalue weighted by Gasteiger charge is -2.29. The minimum atomic E-state index is -1.43. The number of carbonyl (C=O) groups is 6. The minimum Gasteiger partial charge on any atom is -0.481 e. The summed E-state index contributed by atoms with van der Waals surface area (Å²) in [6, 6.07) is -4.61. The highest BCUT2D eigenvalue weighted by molar-refractivity contribution is 5.94. The third-order valence-electron chi connectivity index (χ3n) is 5.41. The first kappa shape index (κ1) is 29.8. The maximum absolute atomic E-state index is 13.0. The second-order valence-electron chi connectivity index (χ2n) is 8.78. The Morgan fingerprint density at radius 2 is 1.69 bits per heavy atom. The molecule has 1 saturated heterocycles. The van der Waals surface area contributed by atoms with E-state index < -0.39 is 72.9 Å². The molecule has 14 nitrogen and oxygen atoms in total. The van der Waals surface area contributed by atoms with Crippen molar-refractivity contribution in [1.82, 2.24) is 20.9 Å². The number of amides is 4. The van der Waals surface area contributed by atoms with Gasteiger partial charge in [-0.2, -0.15) is 0 Å². The van der Waals surface area contributed by atoms with E-state index in [4.69, 9.17) is 10.8 Å². The zero-order valence-corrected chi connectivity index (χ0v) is 19.9. The molecule has 1 aliphatic rings. The van der Waals surface area contributed by atoms with E-state index in [1.54, 1.807) is 0 Å². The molecule has 1 rings (SSSR count). The highest BCUT2D eigenvalue weighted by Crippen LogP contribution is 2.20. The lowest BCUT2D eigenvalue weighted by molar-refractivity contribution is -0.149. The lowest BCUT2D eigenvalue weighted by atomic mass is 10.0. The summed E-state index contributed by atoms with van der Waals surface area (Å²) in [4.78, 5) is 72.9. The van der Waals surface area contributed by atoms with Crippen molar-refractivity contribution in [2.75, 3.05) is 19.7 Å². The SMILES string of the molecule is CC(C)C[C@H](NC(=O)[C@H](CO)NC(=O)CNC(=O)[C@@H](N)CCC(=O)O)C(=O)N1CCC[C@H]1C(=O)O. The standard InChI is InChI=1S/C21H35N5O9/c1-11(2)8-13(20(33)26-7-3-4-15(26)21(34)35)25-19(32)14(10-27)24-16(28)9-23-18(31)12(22)5-6-17(29)30/h11-15,27H,3-10,22H2,1-2H3,(H,23,31)(H,24,28)(H,25,32)(H,29,30)(H,34,35)/t12-,13-,14-,15-/m0/s1. The minimum absolute atomic E-state index is 0.0298. The van der Waals surface area contributed by atoms with Crippen molar-refractivity contribution in [3.05, 3.63) is 0 Å². The highest BCUT2D eigenvalue weighted by atomic mass is 16.4. The van der Waals surface area contributed by atoms with Crippen LogP contribution in [0.4, 0.5) is 0 Å². The van der Waals surface area contributed by atoms with Crippen molar-refractivity contribution in [2.45, 2.75) is 70.1 Å². The first-order chi connectivity index (χ1) is 16.4. The van der Waals surface area contributed by atoms with Crippen LogP contribution in [0, 0.1) is 5.92 Å². The van der Waals surface area contributed by atoms with Crippen molar-refractivity contribution >= 4 is 35.6 Å². The summed E-state index contributed by atoms with van der Waals surface area (Å²) in [5, 5.41) is 34.5. The molecule has 1 fully saturated rings. The summed E-state index contributed by atoms with van der Waals surface area (Å²) in [6.07, 6.45) is 0.588. The number of hydrogen-bond acceptors (Lipinski definition) is 8. The van der Waals surface area contributed by atoms with Gasteiger partial charge >= 0.3 is 11.9 Å². The Bertz CT molecular complexity index is 804. The van der Waals surface area contributed by atoms with E-state index in [1.807, 2.05) is 13.8 Å². The fraction of sp³-hybridized carbons (Fsp3) is 0.714. The van der Waals surface area contributed by atoms with Crippen LogP contribution in [0.1, 0.15) is 46.0 Å². The zero-order valence-electron chi connectivity index (χ0n) is 19.9. The topological polar surface area (TPSA) is 228 Å². The third-order valence-corrected chi connectivity index (χ3v) is 5.41. The maximum Gasteiger partial charge on any atom is 0.326 e. The van der Waals surface area contributed by atoms with Gasteiger partial charge in [-0.25, -0.2) is 4.79 Å². The van der Waals surface area contributed by atoms with Crippen LogP contribution in [-0.4, -0.2) is 99.7 Å². The molecule has 198 valence electrons. The molecule has 0 aromatic rings. The Labute approximate surface area is 202 Å². The zero-order chi connectivity index (χ0) is 26.7. The summed E-state index contributed by atoms with van der Waals surface area (Å²) in [5.41, 5.74) is 5.55. The van der Waals surface area contributed by atoms with Gasteiger partial charge in [-0.15, -0.1) is 0 Å². The Kier molecular flexibility index (Phi) is 12.1. The quantitative estimate of drug-likeness (QED) is 0.131. The van der Waals surface area contributed by atoms with Gasteiger partial charge < -0.3 is 41.9 Å². The van der Waals surface area contributed by atoms with Gasteiger partial charge in [0, 0.05) is 13.0 Å². The van der Waals surface area contributed by atoms with E-state index in [1.165, 1.54) is 4.90 Å². The molecule has 4 amide bonds. The van der Waals surface area contributed by atoms with Crippen molar-refractivity contribution in [3.8, 4) is 0 Å². The van der Waals surface area contributed by atoms with Crippen LogP contribution >= 0.6 is 0 Å². The number of nitrogens with zero attached hydrogens (tertiary/aromatic N) is 1. The molecule has 1 aliphatic heterocycles. The Morgan fingerprint density at radius 1 is 1.03 bits per heavy atom. The summed E-state index contributed by atoms with van der Waals surface area (Å²) in [5.74, 6) is -5.27. The molecule has 0 aliphatic carbocycles. The maximum atomic E-state index is 13.0. The van der Waals surface area contributed by atoms with E-state index in [0.29, 0.717) is 12.8 Å². The van der Waals surface area contributed by atoms with Crippen molar-refractivity contribution in [1.29, 1.82) is 0 Å². The largest absolute Gasteiger partial charge is 0.481 e. The summed E-state index contributed by atoms with van der Waals surface area (Å²) >= 11 is 0. The van der Waals surface area contributed by atoms with Crippen LogP contribution in [0.2, 0.25) is 0 Å². The highest BCUT2D eigenvalue weighted by Gasteiger charge is 2.38. The fourth-order valence-electron chi connectivity index (χ4n) is 3.60. The number of rotatable bonds is 14. The van der Waals surface area contributed by atoms with E-state index in [-0.39, 0.29) is 31.7 Å². The van der Waals surface area contributed by atoms with Crippen molar-refractivity contribution in [2.24, 2.45) is 11.7 Å². The number of nitrogens with two attached hydrogens (primary N) is 1. The van der Waals surface area contributed by atoms with Crippen LogP contribution in [0.3, 0.4) is 0 Å². The number of carboxylic acid groups (broad SMARTS) is 2. The molecular weight excluding hydrogens is 466 g/mol. The van der Waals surface area contributed by atoms with E-state index >= 15 is 0 Å². The number of aliphatic carboxylic acids is 2. The molecule has 0 radical (unpaired) electrons. The molecule has 14 heteroatoms. The Morgan fingerprint density at radius 3 is 2.23 bits per heavy atom. The fourth-order valence-corrected chi connectivity index (χ4v) is 3.60. The van der Waals surface area contributed by atoms with Crippen molar-refractivity contribution in [3.63, 3.8) is 0 Å². The molecule has 0 unspecified atom stereocenters. The van der Waals surface area contributed by atoms with E-state index in [2.05, 4.69) is 16.0 Å². The third kappa shape index (κ3) is 9.86. The molecule has 0 aromatic carbocycles. The van der Waals surface area contributed by atoms with Crippen LogP contribution in [0.5, 0.6) is 0 Å². The molecular formula is C21H35N5O9. The second-order valence-corrected chi connectivity index (χ2v) is 8.78. The average Bonchev–Trinajstić information content (AvgIpc) is 3.28. The van der Waals surface area contributed by atoms with E-state index in [9.17, 15) is 39.0 Å². The van der Waals surface area contributed by atoms with Gasteiger partial charge in [0.15, 0.2) is 0 Å². The molecule has 4 atom stereocenters. The summed E-state index contributed by atoms with van der Waals surface area (Å²) in [6.45, 7) is 2.51. The van der Waals surface area contributed by atoms with Gasteiger partial charge in [0.2, 0.25) is 23.6 Å². The summed E-state index contributed by atoms with van der Waals surface area (Å²) < 4.78 is 0. The number of hydrogen-bond donors (Lipinski definition) is 7. The first-order valence-electron chi connectivity index (χ1n) is 11.4. The second kappa shape index (κ2) is 14.2. The van der Waals surface area contributed by atoms with Gasteiger partial charge in [-0.1, -0.05) is 13.8 Å². The number of aliphatic hydroxyl groups excluding tert-OH is 1. The first-order valence-corrected chi connectivity index (χ1v) is 11.4. The number of carbonyl (C=O) groups excluding carboxylic acids is 4. The predicted molar refractivity (Wildman–Crippen MR) is 121 cm³/mol. The molecule has 1 heterocycles. The lowest BCUT2D eigenvalue weighted by Crippen LogP contribution is -2.57. The number of likely N-dealkylation sites (tertiary alicyclic amines) is 1. The van der Waals surface area contributed by atoms with Gasteiger partial charge in [0.05, 0.1) is 19.2 Å². The number of nitrogens with one attached hydrogen (secondary N) is 3. The Hall–Kier alpha value is -3.26. The molecule has 0 saturated carbocycles. The molecule has 0 aromatic heterocycles. The monoisotopic (exact) mass is 501 g/mol. The molecule has 0 bridgehead atoms. The van der Waals surface area contributed by atoms with Crippen LogP contribution in [0.25, 0.3) is 0 Å². The molecule has 35 heavy (non-hydrogen) atoms. The van der Waals surface area contributed by atoms with E-state index in [0.717, 1.165) is 0 Å². The Balaban J connectivity index is 2.72. The predicted octanol–water partition coefficient (Wildman–Crippen LogP) is -2.62. The van der Waals surface area contributed by atoms with Crippen LogP contribution in [-0.2, 0) is 28.8 Å². The molecule has 8 N–H and O–H groups in total. The number of aliphatic hydroxyl groups is 1. The number of carboxylic acids is 2. The van der Waals surface area contributed by atoms with Crippen LogP contribution < -0.4 is 21.7 Å². The molecule has 0 spiro atoms. The summed E-state index contributed by atoms with van der Waals surface area (Å²) in [7, 11) is 0. The van der Waals surface area contributed by atoms with Gasteiger partial charge in [0.1, 0.15) is 18.1 Å². The van der Waals surface area contributed by atoms with Gasteiger partial charge in [-0.05, 0) is 31.6 Å². The van der Waals surface area contributed by atoms with Crippen molar-refractivity contribution < 1.29 is 44.1 Å². The average molecular weight is 502 g/mol. The smallest absolute Gasteiger partial charge is 0.326 e. The van der Waals surface area contributed by atoms with Gasteiger partial charge in [-0.3, -0.25) is 24.0 Å². The van der Waals surface area contributed by atoms with Gasteiger partial charge in [0.25, 0.3) is 0 Å².